The Morgan fingerprint density at radius 2 is 1.93 bits per heavy atom. The number of fused-ring (bicyclic) bond motifs is 1. The van der Waals surface area contributed by atoms with Crippen LogP contribution in [0.4, 0.5) is 10.6 Å². The van der Waals surface area contributed by atoms with Gasteiger partial charge < -0.3 is 10.1 Å². The second kappa shape index (κ2) is 6.05. The number of ether oxygens (including phenoxy) is 1. The average molecular weight is 394 g/mol. The zero-order valence-corrected chi connectivity index (χ0v) is 16.7. The molecule has 1 aromatic heterocycles. The second-order valence-electron chi connectivity index (χ2n) is 8.99. The maximum Gasteiger partial charge on any atom is 0.408 e. The van der Waals surface area contributed by atoms with Crippen molar-refractivity contribution in [1.82, 2.24) is 15.3 Å². The molecule has 2 unspecified atom stereocenters. The fraction of sp³-hybridized carbons (Fsp3) is 0.722. The summed E-state index contributed by atoms with van der Waals surface area (Å²) in [6.07, 6.45) is 5.05. The lowest BCUT2D eigenvalue weighted by Crippen LogP contribution is -2.48. The second-order valence-corrected chi connectivity index (χ2v) is 10.9. The molecule has 1 amide bonds. The highest BCUT2D eigenvalue weighted by Crippen LogP contribution is 2.59. The Kier molecular flexibility index (Phi) is 4.14. The summed E-state index contributed by atoms with van der Waals surface area (Å²) in [5.41, 5.74) is -1.31. The molecule has 8 nitrogen and oxygen atoms in total. The van der Waals surface area contributed by atoms with Crippen LogP contribution in [0.2, 0.25) is 0 Å². The van der Waals surface area contributed by atoms with Gasteiger partial charge >= 0.3 is 6.09 Å². The molecule has 3 aliphatic carbocycles. The van der Waals surface area contributed by atoms with Gasteiger partial charge in [0.25, 0.3) is 0 Å². The first-order chi connectivity index (χ1) is 12.6. The Balaban J connectivity index is 1.57. The molecule has 0 aliphatic heterocycles. The van der Waals surface area contributed by atoms with Crippen LogP contribution >= 0.6 is 0 Å². The smallest absolute Gasteiger partial charge is 0.408 e. The largest absolute Gasteiger partial charge is 0.444 e. The molecule has 3 aliphatic rings. The van der Waals surface area contributed by atoms with Crippen molar-refractivity contribution in [2.45, 2.75) is 69.3 Å². The molecule has 0 bridgehead atoms. The number of carbonyl (C=O) groups is 1. The summed E-state index contributed by atoms with van der Waals surface area (Å²) in [4.78, 5) is 21.3. The van der Waals surface area contributed by atoms with Crippen molar-refractivity contribution in [1.29, 1.82) is 0 Å². The molecule has 4 rings (SSSR count). The van der Waals surface area contributed by atoms with Crippen molar-refractivity contribution in [2.75, 3.05) is 4.72 Å². The summed E-state index contributed by atoms with van der Waals surface area (Å²) < 4.78 is 32.4. The van der Waals surface area contributed by atoms with Gasteiger partial charge in [-0.15, -0.1) is 0 Å². The molecule has 2 N–H and O–H groups in total. The summed E-state index contributed by atoms with van der Waals surface area (Å²) in [6.45, 7) is 5.44. The van der Waals surface area contributed by atoms with E-state index in [-0.39, 0.29) is 11.1 Å². The first-order valence-electron chi connectivity index (χ1n) is 9.43. The van der Waals surface area contributed by atoms with Crippen molar-refractivity contribution >= 4 is 21.9 Å². The van der Waals surface area contributed by atoms with Crippen LogP contribution in [-0.4, -0.2) is 35.3 Å². The predicted molar refractivity (Wildman–Crippen MR) is 99.5 cm³/mol. The molecule has 1 aromatic rings. The number of nitrogens with one attached hydrogen (secondary N) is 2. The van der Waals surface area contributed by atoms with E-state index in [1.54, 1.807) is 6.07 Å². The highest BCUT2D eigenvalue weighted by atomic mass is 32.2. The lowest BCUT2D eigenvalue weighted by molar-refractivity contribution is 0.0439. The van der Waals surface area contributed by atoms with Gasteiger partial charge in [-0.2, -0.15) is 0 Å². The molecule has 0 radical (unpaired) electrons. The molecule has 0 spiro atoms. The third kappa shape index (κ3) is 4.02. The van der Waals surface area contributed by atoms with Gasteiger partial charge in [0, 0.05) is 6.20 Å². The topological polar surface area (TPSA) is 110 Å². The molecular weight excluding hydrogens is 368 g/mol. The van der Waals surface area contributed by atoms with Gasteiger partial charge in [-0.25, -0.2) is 23.2 Å². The number of amides is 1. The highest BCUT2D eigenvalue weighted by Gasteiger charge is 2.57. The van der Waals surface area contributed by atoms with Gasteiger partial charge in [-0.1, -0.05) is 0 Å². The number of alkyl carbamates (subject to hydrolysis) is 1. The van der Waals surface area contributed by atoms with Crippen LogP contribution in [0, 0.1) is 11.8 Å². The minimum Gasteiger partial charge on any atom is -0.444 e. The van der Waals surface area contributed by atoms with E-state index in [9.17, 15) is 13.2 Å². The molecule has 3 fully saturated rings. The van der Waals surface area contributed by atoms with Gasteiger partial charge in [0.1, 0.15) is 17.0 Å². The molecule has 2 atom stereocenters. The van der Waals surface area contributed by atoms with E-state index in [0.29, 0.717) is 30.5 Å². The first-order valence-corrected chi connectivity index (χ1v) is 11.0. The molecular formula is C18H26N4O4S. The third-order valence-corrected chi connectivity index (χ3v) is 7.17. The van der Waals surface area contributed by atoms with Crippen LogP contribution < -0.4 is 10.0 Å². The van der Waals surface area contributed by atoms with Gasteiger partial charge in [-0.05, 0) is 70.8 Å². The minimum atomic E-state index is -3.40. The summed E-state index contributed by atoms with van der Waals surface area (Å²) in [5, 5.41) is 2.66. The van der Waals surface area contributed by atoms with Crippen LogP contribution in [0.25, 0.3) is 0 Å². The number of anilines is 1. The zero-order valence-electron chi connectivity index (χ0n) is 15.9. The number of carbonyl (C=O) groups excluding carboxylic acids is 1. The molecule has 9 heteroatoms. The molecule has 0 saturated heterocycles. The maximum atomic E-state index is 12.4. The fourth-order valence-electron chi connectivity index (χ4n) is 3.88. The van der Waals surface area contributed by atoms with Gasteiger partial charge in [0.05, 0.1) is 5.25 Å². The van der Waals surface area contributed by atoms with Gasteiger partial charge in [-0.3, -0.25) is 4.72 Å². The number of aromatic nitrogens is 2. The monoisotopic (exact) mass is 394 g/mol. The molecule has 0 aromatic carbocycles. The molecule has 1 heterocycles. The maximum absolute atomic E-state index is 12.4. The lowest BCUT2D eigenvalue weighted by Gasteiger charge is -2.32. The Hall–Kier alpha value is -1.90. The Labute approximate surface area is 159 Å². The van der Waals surface area contributed by atoms with Crippen molar-refractivity contribution in [2.24, 2.45) is 11.8 Å². The van der Waals surface area contributed by atoms with E-state index in [4.69, 9.17) is 4.74 Å². The molecule has 3 saturated carbocycles. The fourth-order valence-corrected chi connectivity index (χ4v) is 5.21. The van der Waals surface area contributed by atoms with Crippen LogP contribution in [0.3, 0.4) is 0 Å². The molecule has 148 valence electrons. The van der Waals surface area contributed by atoms with Crippen molar-refractivity contribution < 1.29 is 17.9 Å². The van der Waals surface area contributed by atoms with Crippen LogP contribution in [0.15, 0.2) is 12.3 Å². The number of rotatable bonds is 5. The van der Waals surface area contributed by atoms with E-state index in [1.807, 2.05) is 20.8 Å². The van der Waals surface area contributed by atoms with E-state index >= 15 is 0 Å². The highest BCUT2D eigenvalue weighted by molar-refractivity contribution is 7.93. The van der Waals surface area contributed by atoms with E-state index in [1.165, 1.54) is 6.20 Å². The summed E-state index contributed by atoms with van der Waals surface area (Å²) in [7, 11) is -3.40. The molecule has 27 heavy (non-hydrogen) atoms. The Morgan fingerprint density at radius 3 is 2.52 bits per heavy atom. The van der Waals surface area contributed by atoms with Crippen molar-refractivity contribution in [3.8, 4) is 0 Å². The van der Waals surface area contributed by atoms with Crippen LogP contribution in [-0.2, 0) is 20.3 Å². The summed E-state index contributed by atoms with van der Waals surface area (Å²) in [5.74, 6) is 1.79. The first kappa shape index (κ1) is 18.5. The normalized spacial score (nSPS) is 29.7. The SMILES string of the molecule is CC(C)(C)OC(=O)NC1(c2nccc(NS(=O)(=O)C3CC3)n2)CC2CC2C1. The van der Waals surface area contributed by atoms with Crippen LogP contribution in [0.1, 0.15) is 58.7 Å². The van der Waals surface area contributed by atoms with Gasteiger partial charge in [0.15, 0.2) is 5.82 Å². The number of hydrogen-bond acceptors (Lipinski definition) is 6. The number of hydrogen-bond donors (Lipinski definition) is 2. The van der Waals surface area contributed by atoms with Crippen molar-refractivity contribution in [3.05, 3.63) is 18.1 Å². The summed E-state index contributed by atoms with van der Waals surface area (Å²) >= 11 is 0. The lowest BCUT2D eigenvalue weighted by atomic mass is 9.92. The Morgan fingerprint density at radius 1 is 1.26 bits per heavy atom. The number of sulfonamides is 1. The Bertz CT molecular complexity index is 850. The zero-order chi connectivity index (χ0) is 19.4. The van der Waals surface area contributed by atoms with Crippen molar-refractivity contribution in [3.63, 3.8) is 0 Å². The van der Waals surface area contributed by atoms with E-state index in [0.717, 1.165) is 19.3 Å². The van der Waals surface area contributed by atoms with Gasteiger partial charge in [0.2, 0.25) is 10.0 Å². The predicted octanol–water partition coefficient (Wildman–Crippen LogP) is 2.53. The average Bonchev–Trinajstić information content (AvgIpc) is 3.44. The van der Waals surface area contributed by atoms with E-state index in [2.05, 4.69) is 20.0 Å². The quantitative estimate of drug-likeness (QED) is 0.794. The standard InChI is InChI=1S/C18H26N4O4S/c1-17(2,3)26-16(23)21-18(9-11-8-12(11)10-18)15-19-7-6-14(20-15)22-27(24,25)13-4-5-13/h6-7,11-13H,4-5,8-10H2,1-3H3,(H,21,23)(H,19,20,22). The third-order valence-electron chi connectivity index (χ3n) is 5.32. The summed E-state index contributed by atoms with van der Waals surface area (Å²) in [6, 6.07) is 1.54. The van der Waals surface area contributed by atoms with Crippen LogP contribution in [0.5, 0.6) is 0 Å². The number of nitrogens with zero attached hydrogens (tertiary/aromatic N) is 2. The minimum absolute atomic E-state index is 0.248. The van der Waals surface area contributed by atoms with E-state index < -0.39 is 27.3 Å².